The predicted octanol–water partition coefficient (Wildman–Crippen LogP) is 1.46. The van der Waals surface area contributed by atoms with E-state index in [1.165, 1.54) is 17.0 Å². The Morgan fingerprint density at radius 2 is 1.85 bits per heavy atom. The molecule has 0 bridgehead atoms. The molecule has 0 saturated carbocycles. The van der Waals surface area contributed by atoms with E-state index in [9.17, 15) is 14.0 Å². The highest BCUT2D eigenvalue weighted by atomic mass is 19.1. The summed E-state index contributed by atoms with van der Waals surface area (Å²) in [6.07, 6.45) is -1.50. The molecule has 2 fully saturated rings. The SMILES string of the molecule is O=C(OC[C@@H]1COCCN1C(=O)O)N1CCN(c2ccc(F)cc2)CC1. The van der Waals surface area contributed by atoms with Gasteiger partial charge in [-0.2, -0.15) is 0 Å². The molecule has 1 aromatic rings. The van der Waals surface area contributed by atoms with Gasteiger partial charge in [0, 0.05) is 38.4 Å². The van der Waals surface area contributed by atoms with Gasteiger partial charge in [0.2, 0.25) is 0 Å². The van der Waals surface area contributed by atoms with E-state index in [1.807, 2.05) is 0 Å². The second kappa shape index (κ2) is 8.22. The van der Waals surface area contributed by atoms with Gasteiger partial charge in [-0.25, -0.2) is 14.0 Å². The monoisotopic (exact) mass is 367 g/mol. The first-order chi connectivity index (χ1) is 12.5. The topological polar surface area (TPSA) is 82.5 Å². The maximum atomic E-state index is 13.0. The van der Waals surface area contributed by atoms with Crippen LogP contribution in [0.1, 0.15) is 0 Å². The maximum absolute atomic E-state index is 13.0. The molecule has 1 N–H and O–H groups in total. The third-order valence-corrected chi connectivity index (χ3v) is 4.60. The molecule has 0 aromatic heterocycles. The summed E-state index contributed by atoms with van der Waals surface area (Å²) in [5.41, 5.74) is 0.913. The average molecular weight is 367 g/mol. The van der Waals surface area contributed by atoms with E-state index in [0.29, 0.717) is 32.8 Å². The van der Waals surface area contributed by atoms with Crippen LogP contribution in [0.3, 0.4) is 0 Å². The number of anilines is 1. The van der Waals surface area contributed by atoms with E-state index < -0.39 is 18.2 Å². The molecule has 3 rings (SSSR count). The van der Waals surface area contributed by atoms with Crippen LogP contribution in [0.25, 0.3) is 0 Å². The number of carbonyl (C=O) groups is 2. The Labute approximate surface area is 150 Å². The van der Waals surface area contributed by atoms with Crippen LogP contribution in [-0.4, -0.2) is 85.7 Å². The Bertz CT molecular complexity index is 634. The average Bonchev–Trinajstić information content (AvgIpc) is 2.67. The Morgan fingerprint density at radius 1 is 1.15 bits per heavy atom. The van der Waals surface area contributed by atoms with Crippen LogP contribution in [0.2, 0.25) is 0 Å². The summed E-state index contributed by atoms with van der Waals surface area (Å²) in [4.78, 5) is 28.3. The fourth-order valence-corrected chi connectivity index (χ4v) is 3.10. The highest BCUT2D eigenvalue weighted by molar-refractivity contribution is 5.68. The van der Waals surface area contributed by atoms with E-state index in [2.05, 4.69) is 4.90 Å². The molecular formula is C17H22FN3O5. The van der Waals surface area contributed by atoms with Crippen LogP contribution in [0.5, 0.6) is 0 Å². The molecule has 0 radical (unpaired) electrons. The van der Waals surface area contributed by atoms with Crippen molar-refractivity contribution >= 4 is 17.9 Å². The largest absolute Gasteiger partial charge is 0.465 e. The third kappa shape index (κ3) is 4.34. The number of benzene rings is 1. The maximum Gasteiger partial charge on any atom is 0.409 e. The van der Waals surface area contributed by atoms with E-state index >= 15 is 0 Å². The lowest BCUT2D eigenvalue weighted by molar-refractivity contribution is -0.0254. The van der Waals surface area contributed by atoms with Crippen molar-refractivity contribution in [1.82, 2.24) is 9.80 Å². The second-order valence-electron chi connectivity index (χ2n) is 6.23. The van der Waals surface area contributed by atoms with Crippen molar-refractivity contribution in [1.29, 1.82) is 0 Å². The molecule has 26 heavy (non-hydrogen) atoms. The summed E-state index contributed by atoms with van der Waals surface area (Å²) < 4.78 is 23.6. The molecule has 1 aromatic carbocycles. The summed E-state index contributed by atoms with van der Waals surface area (Å²) in [6, 6.07) is 5.78. The summed E-state index contributed by atoms with van der Waals surface area (Å²) in [6.45, 7) is 3.03. The summed E-state index contributed by atoms with van der Waals surface area (Å²) in [7, 11) is 0. The molecule has 2 aliphatic rings. The first kappa shape index (κ1) is 18.2. The van der Waals surface area contributed by atoms with Gasteiger partial charge < -0.3 is 24.4 Å². The second-order valence-corrected chi connectivity index (χ2v) is 6.23. The van der Waals surface area contributed by atoms with Crippen molar-refractivity contribution in [2.24, 2.45) is 0 Å². The molecule has 0 aliphatic carbocycles. The van der Waals surface area contributed by atoms with Crippen molar-refractivity contribution < 1.29 is 28.6 Å². The molecule has 0 spiro atoms. The minimum absolute atomic E-state index is 0.0245. The highest BCUT2D eigenvalue weighted by Crippen LogP contribution is 2.17. The first-order valence-electron chi connectivity index (χ1n) is 8.54. The van der Waals surface area contributed by atoms with Crippen LogP contribution in [0.4, 0.5) is 19.7 Å². The third-order valence-electron chi connectivity index (χ3n) is 4.60. The van der Waals surface area contributed by atoms with Gasteiger partial charge >= 0.3 is 12.2 Å². The molecule has 0 unspecified atom stereocenters. The number of carbonyl (C=O) groups excluding carboxylic acids is 1. The van der Waals surface area contributed by atoms with E-state index in [0.717, 1.165) is 5.69 Å². The van der Waals surface area contributed by atoms with Gasteiger partial charge in [0.25, 0.3) is 0 Å². The predicted molar refractivity (Wildman–Crippen MR) is 90.9 cm³/mol. The minimum atomic E-state index is -1.04. The zero-order valence-corrected chi connectivity index (χ0v) is 14.3. The number of ether oxygens (including phenoxy) is 2. The lowest BCUT2D eigenvalue weighted by atomic mass is 10.2. The fourth-order valence-electron chi connectivity index (χ4n) is 3.10. The Morgan fingerprint density at radius 3 is 2.50 bits per heavy atom. The lowest BCUT2D eigenvalue weighted by Crippen LogP contribution is -2.52. The Kier molecular flexibility index (Phi) is 5.77. The molecular weight excluding hydrogens is 345 g/mol. The number of piperazine rings is 1. The van der Waals surface area contributed by atoms with Gasteiger partial charge in [-0.3, -0.25) is 4.90 Å². The Hall–Kier alpha value is -2.55. The highest BCUT2D eigenvalue weighted by Gasteiger charge is 2.29. The van der Waals surface area contributed by atoms with Gasteiger partial charge in [0.15, 0.2) is 0 Å². The quantitative estimate of drug-likeness (QED) is 0.871. The smallest absolute Gasteiger partial charge is 0.409 e. The van der Waals surface area contributed by atoms with Gasteiger partial charge in [0.1, 0.15) is 12.4 Å². The number of hydrogen-bond acceptors (Lipinski definition) is 5. The van der Waals surface area contributed by atoms with Gasteiger partial charge in [0.05, 0.1) is 19.3 Å². The normalized spacial score (nSPS) is 20.8. The molecule has 2 heterocycles. The number of carboxylic acid groups (broad SMARTS) is 1. The standard InChI is InChI=1S/C17H22FN3O5/c18-13-1-3-14(4-2-13)19-5-7-20(8-6-19)17(24)26-12-15-11-25-10-9-21(15)16(22)23/h1-4,15H,5-12H2,(H,22,23)/t15-/m0/s1. The molecule has 2 aliphatic heterocycles. The van der Waals surface area contributed by atoms with Crippen LogP contribution in [0.15, 0.2) is 24.3 Å². The number of halogens is 1. The first-order valence-corrected chi connectivity index (χ1v) is 8.54. The zero-order valence-electron chi connectivity index (χ0n) is 14.3. The minimum Gasteiger partial charge on any atom is -0.465 e. The lowest BCUT2D eigenvalue weighted by Gasteiger charge is -2.36. The van der Waals surface area contributed by atoms with Crippen molar-refractivity contribution in [3.63, 3.8) is 0 Å². The number of nitrogens with zero attached hydrogens (tertiary/aromatic N) is 3. The zero-order chi connectivity index (χ0) is 18.5. The van der Waals surface area contributed by atoms with Crippen molar-refractivity contribution in [2.75, 3.05) is 57.4 Å². The summed E-state index contributed by atoms with van der Waals surface area (Å²) in [5, 5.41) is 9.17. The van der Waals surface area contributed by atoms with Crippen molar-refractivity contribution in [3.05, 3.63) is 30.1 Å². The summed E-state index contributed by atoms with van der Waals surface area (Å²) in [5.74, 6) is -0.280. The number of morpholine rings is 1. The van der Waals surface area contributed by atoms with Crippen molar-refractivity contribution in [3.8, 4) is 0 Å². The number of amides is 2. The molecule has 142 valence electrons. The molecule has 8 nitrogen and oxygen atoms in total. The van der Waals surface area contributed by atoms with Crippen LogP contribution < -0.4 is 4.90 Å². The van der Waals surface area contributed by atoms with Crippen molar-refractivity contribution in [2.45, 2.75) is 6.04 Å². The van der Waals surface area contributed by atoms with E-state index in [-0.39, 0.29) is 25.6 Å². The number of rotatable bonds is 3. The summed E-state index contributed by atoms with van der Waals surface area (Å²) >= 11 is 0. The van der Waals surface area contributed by atoms with E-state index in [4.69, 9.17) is 14.6 Å². The van der Waals surface area contributed by atoms with Gasteiger partial charge in [-0.15, -0.1) is 0 Å². The fraction of sp³-hybridized carbons (Fsp3) is 0.529. The van der Waals surface area contributed by atoms with Crippen LogP contribution >= 0.6 is 0 Å². The molecule has 9 heteroatoms. The van der Waals surface area contributed by atoms with Crippen LogP contribution in [-0.2, 0) is 9.47 Å². The molecule has 2 saturated heterocycles. The van der Waals surface area contributed by atoms with Gasteiger partial charge in [-0.1, -0.05) is 0 Å². The van der Waals surface area contributed by atoms with Crippen LogP contribution in [0, 0.1) is 5.82 Å². The molecule has 1 atom stereocenters. The number of hydrogen-bond donors (Lipinski definition) is 1. The Balaban J connectivity index is 1.46. The van der Waals surface area contributed by atoms with E-state index in [1.54, 1.807) is 17.0 Å². The molecule has 2 amide bonds. The van der Waals surface area contributed by atoms with Gasteiger partial charge in [-0.05, 0) is 24.3 Å².